The fourth-order valence-corrected chi connectivity index (χ4v) is 3.80. The van der Waals surface area contributed by atoms with Gasteiger partial charge in [-0.15, -0.1) is 0 Å². The number of halogens is 1. The van der Waals surface area contributed by atoms with Gasteiger partial charge in [-0.3, -0.25) is 9.69 Å². The van der Waals surface area contributed by atoms with Gasteiger partial charge < -0.3 is 9.40 Å². The summed E-state index contributed by atoms with van der Waals surface area (Å²) >= 11 is 7.70. The lowest BCUT2D eigenvalue weighted by Crippen LogP contribution is -2.35. The van der Waals surface area contributed by atoms with E-state index >= 15 is 0 Å². The molecule has 0 atom stereocenters. The number of H-pyrrole nitrogens is 1. The van der Waals surface area contributed by atoms with E-state index in [2.05, 4.69) is 14.9 Å². The summed E-state index contributed by atoms with van der Waals surface area (Å²) in [6.07, 6.45) is 2.68. The number of furan rings is 1. The van der Waals surface area contributed by atoms with Gasteiger partial charge in [0.25, 0.3) is 5.56 Å². The average Bonchev–Trinajstić information content (AvgIpc) is 3.10. The second-order valence-electron chi connectivity index (χ2n) is 6.21. The molecule has 7 heteroatoms. The molecule has 0 aliphatic carbocycles. The summed E-state index contributed by atoms with van der Waals surface area (Å²) < 4.78 is 5.98. The third kappa shape index (κ3) is 3.45. The fraction of sp³-hybridized carbons (Fsp3) is 0.263. The zero-order valence-corrected chi connectivity index (χ0v) is 15.9. The van der Waals surface area contributed by atoms with Crippen LogP contribution in [-0.2, 0) is 19.5 Å². The lowest BCUT2D eigenvalue weighted by molar-refractivity contribution is 0.222. The molecule has 0 amide bonds. The van der Waals surface area contributed by atoms with E-state index in [1.165, 1.54) is 11.8 Å². The standard InChI is InChI=1S/C19H18ClN3O2S/c1-26-19-21-16-8-9-23(11-14(16)18(24)22-19)10-12-6-7-17(25-12)13-4-2-3-5-15(13)20/h2-7H,8-11H2,1H3,(H,21,22,24). The highest BCUT2D eigenvalue weighted by atomic mass is 35.5. The van der Waals surface area contributed by atoms with Crippen LogP contribution >= 0.6 is 23.4 Å². The summed E-state index contributed by atoms with van der Waals surface area (Å²) in [7, 11) is 0. The van der Waals surface area contributed by atoms with Crippen LogP contribution < -0.4 is 5.56 Å². The van der Waals surface area contributed by atoms with E-state index in [0.29, 0.717) is 23.3 Å². The van der Waals surface area contributed by atoms with Crippen molar-refractivity contribution in [3.05, 3.63) is 68.8 Å². The molecular formula is C19H18ClN3O2S. The Kier molecular flexibility index (Phi) is 4.89. The molecule has 0 radical (unpaired) electrons. The summed E-state index contributed by atoms with van der Waals surface area (Å²) in [5.74, 6) is 1.61. The van der Waals surface area contributed by atoms with E-state index in [1.54, 1.807) is 0 Å². The van der Waals surface area contributed by atoms with E-state index in [-0.39, 0.29) is 5.56 Å². The molecule has 1 aliphatic rings. The summed E-state index contributed by atoms with van der Waals surface area (Å²) in [4.78, 5) is 21.9. The van der Waals surface area contributed by atoms with E-state index in [0.717, 1.165) is 41.3 Å². The minimum Gasteiger partial charge on any atom is -0.460 e. The van der Waals surface area contributed by atoms with Gasteiger partial charge in [0.1, 0.15) is 11.5 Å². The zero-order chi connectivity index (χ0) is 18.1. The van der Waals surface area contributed by atoms with E-state index < -0.39 is 0 Å². The third-order valence-electron chi connectivity index (χ3n) is 4.50. The summed E-state index contributed by atoms with van der Waals surface area (Å²) in [5.41, 5.74) is 2.51. The first kappa shape index (κ1) is 17.4. The minimum absolute atomic E-state index is 0.0414. The van der Waals surface area contributed by atoms with Gasteiger partial charge in [-0.05, 0) is 30.5 Å². The van der Waals surface area contributed by atoms with Crippen LogP contribution in [0.3, 0.4) is 0 Å². The van der Waals surface area contributed by atoms with Crippen LogP contribution in [0.5, 0.6) is 0 Å². The van der Waals surface area contributed by atoms with Crippen molar-refractivity contribution >= 4 is 23.4 Å². The number of nitrogens with one attached hydrogen (secondary N) is 1. The second-order valence-corrected chi connectivity index (χ2v) is 7.41. The highest BCUT2D eigenvalue weighted by Gasteiger charge is 2.22. The Balaban J connectivity index is 1.51. The van der Waals surface area contributed by atoms with Gasteiger partial charge in [0.15, 0.2) is 5.16 Å². The Hall–Kier alpha value is -2.02. The number of fused-ring (bicyclic) bond motifs is 1. The molecule has 1 N–H and O–H groups in total. The number of thioether (sulfide) groups is 1. The summed E-state index contributed by atoms with van der Waals surface area (Å²) in [6.45, 7) is 2.07. The number of hydrogen-bond acceptors (Lipinski definition) is 5. The third-order valence-corrected chi connectivity index (χ3v) is 5.41. The molecule has 0 bridgehead atoms. The van der Waals surface area contributed by atoms with Gasteiger partial charge in [-0.2, -0.15) is 0 Å². The lowest BCUT2D eigenvalue weighted by atomic mass is 10.1. The maximum Gasteiger partial charge on any atom is 0.256 e. The highest BCUT2D eigenvalue weighted by molar-refractivity contribution is 7.98. The van der Waals surface area contributed by atoms with Crippen molar-refractivity contribution in [1.29, 1.82) is 0 Å². The normalized spacial score (nSPS) is 14.4. The van der Waals surface area contributed by atoms with Gasteiger partial charge in [-0.25, -0.2) is 4.98 Å². The smallest absolute Gasteiger partial charge is 0.256 e. The number of nitrogens with zero attached hydrogens (tertiary/aromatic N) is 2. The molecule has 5 nitrogen and oxygen atoms in total. The quantitative estimate of drug-likeness (QED) is 0.542. The molecule has 1 aromatic carbocycles. The molecule has 2 aromatic heterocycles. The van der Waals surface area contributed by atoms with E-state index in [4.69, 9.17) is 16.0 Å². The van der Waals surface area contributed by atoms with Crippen molar-refractivity contribution in [3.63, 3.8) is 0 Å². The first-order chi connectivity index (χ1) is 12.6. The molecule has 0 spiro atoms. The Bertz CT molecular complexity index is 998. The fourth-order valence-electron chi connectivity index (χ4n) is 3.18. The Morgan fingerprint density at radius 1 is 1.31 bits per heavy atom. The van der Waals surface area contributed by atoms with Gasteiger partial charge in [0, 0.05) is 25.1 Å². The lowest BCUT2D eigenvalue weighted by Gasteiger charge is -2.26. The molecule has 3 aromatic rings. The molecule has 134 valence electrons. The molecule has 0 saturated carbocycles. The topological polar surface area (TPSA) is 62.1 Å². The van der Waals surface area contributed by atoms with Gasteiger partial charge >= 0.3 is 0 Å². The van der Waals surface area contributed by atoms with Crippen LogP contribution in [0, 0.1) is 0 Å². The number of rotatable bonds is 4. The van der Waals surface area contributed by atoms with Gasteiger partial charge in [-0.1, -0.05) is 35.5 Å². The molecule has 0 saturated heterocycles. The largest absolute Gasteiger partial charge is 0.460 e. The number of aromatic nitrogens is 2. The van der Waals surface area contributed by atoms with Crippen molar-refractivity contribution in [2.24, 2.45) is 0 Å². The SMILES string of the molecule is CSc1nc2c(c(=O)[nH]1)CN(Cc1ccc(-c3ccccc3Cl)o1)CC2. The molecule has 0 unspecified atom stereocenters. The Morgan fingerprint density at radius 3 is 2.96 bits per heavy atom. The maximum absolute atomic E-state index is 12.3. The number of aromatic amines is 1. The van der Waals surface area contributed by atoms with E-state index in [1.807, 2.05) is 42.7 Å². The van der Waals surface area contributed by atoms with Crippen LogP contribution in [0.15, 0.2) is 50.8 Å². The predicted octanol–water partition coefficient (Wildman–Crippen LogP) is 3.96. The van der Waals surface area contributed by atoms with Crippen molar-refractivity contribution in [2.45, 2.75) is 24.7 Å². The second kappa shape index (κ2) is 7.31. The van der Waals surface area contributed by atoms with Crippen molar-refractivity contribution in [1.82, 2.24) is 14.9 Å². The highest BCUT2D eigenvalue weighted by Crippen LogP contribution is 2.29. The maximum atomic E-state index is 12.3. The number of benzene rings is 1. The predicted molar refractivity (Wildman–Crippen MR) is 104 cm³/mol. The minimum atomic E-state index is -0.0414. The van der Waals surface area contributed by atoms with Crippen LogP contribution in [0.1, 0.15) is 17.0 Å². The molecule has 26 heavy (non-hydrogen) atoms. The van der Waals surface area contributed by atoms with E-state index in [9.17, 15) is 4.79 Å². The molecule has 4 rings (SSSR count). The average molecular weight is 388 g/mol. The number of hydrogen-bond donors (Lipinski definition) is 1. The molecule has 0 fully saturated rings. The molecule has 3 heterocycles. The summed E-state index contributed by atoms with van der Waals surface area (Å²) in [5, 5.41) is 1.35. The molecule has 1 aliphatic heterocycles. The van der Waals surface area contributed by atoms with Crippen LogP contribution in [0.4, 0.5) is 0 Å². The van der Waals surface area contributed by atoms with Crippen LogP contribution in [0.25, 0.3) is 11.3 Å². The van der Waals surface area contributed by atoms with Crippen LogP contribution in [0.2, 0.25) is 5.02 Å². The zero-order valence-electron chi connectivity index (χ0n) is 14.3. The first-order valence-electron chi connectivity index (χ1n) is 8.36. The van der Waals surface area contributed by atoms with Crippen molar-refractivity contribution < 1.29 is 4.42 Å². The first-order valence-corrected chi connectivity index (χ1v) is 9.96. The van der Waals surface area contributed by atoms with Crippen LogP contribution in [-0.4, -0.2) is 27.7 Å². The van der Waals surface area contributed by atoms with Gasteiger partial charge in [0.05, 0.1) is 22.8 Å². The monoisotopic (exact) mass is 387 g/mol. The van der Waals surface area contributed by atoms with Gasteiger partial charge in [0.2, 0.25) is 0 Å². The van der Waals surface area contributed by atoms with Crippen molar-refractivity contribution in [2.75, 3.05) is 12.8 Å². The summed E-state index contributed by atoms with van der Waals surface area (Å²) in [6, 6.07) is 11.5. The van der Waals surface area contributed by atoms with Crippen molar-refractivity contribution in [3.8, 4) is 11.3 Å². The molecular weight excluding hydrogens is 370 g/mol. The Morgan fingerprint density at radius 2 is 2.15 bits per heavy atom. The Labute approximate surface area is 160 Å².